The average Bonchev–Trinajstić information content (AvgIpc) is 2.98. The predicted molar refractivity (Wildman–Crippen MR) is 70.4 cm³/mol. The number of carbonyl (C=O) groups is 2. The van der Waals surface area contributed by atoms with E-state index in [1.165, 1.54) is 12.1 Å². The Bertz CT molecular complexity index is 734. The van der Waals surface area contributed by atoms with Crippen LogP contribution in [0, 0.1) is 5.82 Å². The molecule has 1 saturated heterocycles. The van der Waals surface area contributed by atoms with E-state index in [2.05, 4.69) is 10.6 Å². The number of halogens is 1. The number of benzene rings is 1. The third kappa shape index (κ3) is 2.07. The molecule has 2 aromatic rings. The van der Waals surface area contributed by atoms with Gasteiger partial charge in [0.2, 0.25) is 0 Å². The summed E-state index contributed by atoms with van der Waals surface area (Å²) in [5.74, 6) is -0.875. The highest BCUT2D eigenvalue weighted by Crippen LogP contribution is 2.18. The minimum absolute atomic E-state index is 0.131. The van der Waals surface area contributed by atoms with E-state index in [1.54, 1.807) is 41.1 Å². The standard InChI is InChI=1S/C14H10FN3O2/c15-10-5-1-2-6-12(10)18-7-3-4-9(18)8-11-13(19)17-14(20)16-11/h1-8H,(H2,16,17,19,20). The quantitative estimate of drug-likeness (QED) is 0.646. The van der Waals surface area contributed by atoms with Gasteiger partial charge in [-0.1, -0.05) is 12.1 Å². The lowest BCUT2D eigenvalue weighted by Gasteiger charge is -2.07. The minimum atomic E-state index is -0.565. The molecule has 0 aliphatic carbocycles. The van der Waals surface area contributed by atoms with Gasteiger partial charge < -0.3 is 9.88 Å². The Labute approximate surface area is 113 Å². The fraction of sp³-hybridized carbons (Fsp3) is 0. The molecule has 6 heteroatoms. The topological polar surface area (TPSA) is 63.1 Å². The highest BCUT2D eigenvalue weighted by atomic mass is 19.1. The summed E-state index contributed by atoms with van der Waals surface area (Å²) in [6.45, 7) is 0. The van der Waals surface area contributed by atoms with Crippen molar-refractivity contribution >= 4 is 18.0 Å². The molecular formula is C14H10FN3O2. The number of nitrogens with one attached hydrogen (secondary N) is 2. The van der Waals surface area contributed by atoms with E-state index in [4.69, 9.17) is 0 Å². The van der Waals surface area contributed by atoms with Gasteiger partial charge in [-0.2, -0.15) is 0 Å². The van der Waals surface area contributed by atoms with Crippen LogP contribution in [0.3, 0.4) is 0 Å². The smallest absolute Gasteiger partial charge is 0.314 e. The average molecular weight is 271 g/mol. The first kappa shape index (κ1) is 12.2. The van der Waals surface area contributed by atoms with Gasteiger partial charge in [-0.3, -0.25) is 10.1 Å². The summed E-state index contributed by atoms with van der Waals surface area (Å²) in [6, 6.07) is 9.20. The van der Waals surface area contributed by atoms with Crippen LogP contribution in [0.25, 0.3) is 11.8 Å². The third-order valence-electron chi connectivity index (χ3n) is 2.90. The van der Waals surface area contributed by atoms with Crippen LogP contribution < -0.4 is 10.6 Å². The number of carbonyl (C=O) groups excluding carboxylic acids is 2. The fourth-order valence-electron chi connectivity index (χ4n) is 2.01. The normalized spacial score (nSPS) is 16.4. The van der Waals surface area contributed by atoms with Crippen molar-refractivity contribution in [3.05, 3.63) is 59.8 Å². The van der Waals surface area contributed by atoms with Gasteiger partial charge in [-0.25, -0.2) is 9.18 Å². The molecule has 20 heavy (non-hydrogen) atoms. The van der Waals surface area contributed by atoms with Gasteiger partial charge in [-0.15, -0.1) is 0 Å². The summed E-state index contributed by atoms with van der Waals surface area (Å²) in [4.78, 5) is 22.5. The molecule has 1 fully saturated rings. The molecule has 1 aromatic heterocycles. The number of urea groups is 1. The minimum Gasteiger partial charge on any atom is -0.314 e. The van der Waals surface area contributed by atoms with Crippen molar-refractivity contribution < 1.29 is 14.0 Å². The summed E-state index contributed by atoms with van der Waals surface area (Å²) in [6.07, 6.45) is 3.17. The number of imide groups is 1. The van der Waals surface area contributed by atoms with Crippen molar-refractivity contribution in [2.45, 2.75) is 0 Å². The number of nitrogens with zero attached hydrogens (tertiary/aromatic N) is 1. The molecule has 3 rings (SSSR count). The van der Waals surface area contributed by atoms with E-state index < -0.39 is 11.9 Å². The van der Waals surface area contributed by atoms with E-state index in [0.717, 1.165) is 0 Å². The maximum absolute atomic E-state index is 13.8. The highest BCUT2D eigenvalue weighted by Gasteiger charge is 2.23. The molecule has 0 atom stereocenters. The van der Waals surface area contributed by atoms with Gasteiger partial charge in [0.05, 0.1) is 5.69 Å². The molecule has 1 aliphatic heterocycles. The van der Waals surface area contributed by atoms with Gasteiger partial charge in [-0.05, 0) is 30.3 Å². The Balaban J connectivity index is 2.04. The van der Waals surface area contributed by atoms with Crippen molar-refractivity contribution in [3.8, 4) is 5.69 Å². The summed E-state index contributed by atoms with van der Waals surface area (Å²) >= 11 is 0. The van der Waals surface area contributed by atoms with Crippen LogP contribution in [0.2, 0.25) is 0 Å². The zero-order chi connectivity index (χ0) is 14.1. The summed E-state index contributed by atoms with van der Waals surface area (Å²) in [7, 11) is 0. The van der Waals surface area contributed by atoms with Gasteiger partial charge in [0, 0.05) is 11.9 Å². The number of hydrogen-bond acceptors (Lipinski definition) is 2. The maximum Gasteiger partial charge on any atom is 0.326 e. The number of aromatic nitrogens is 1. The van der Waals surface area contributed by atoms with Crippen molar-refractivity contribution in [2.75, 3.05) is 0 Å². The maximum atomic E-state index is 13.8. The molecule has 0 radical (unpaired) electrons. The van der Waals surface area contributed by atoms with Crippen LogP contribution in [0.4, 0.5) is 9.18 Å². The Morgan fingerprint density at radius 3 is 2.55 bits per heavy atom. The molecule has 0 saturated carbocycles. The molecule has 1 aliphatic rings. The van der Waals surface area contributed by atoms with Gasteiger partial charge in [0.1, 0.15) is 11.5 Å². The van der Waals surface area contributed by atoms with E-state index in [1.807, 2.05) is 0 Å². The monoisotopic (exact) mass is 271 g/mol. The zero-order valence-corrected chi connectivity index (χ0v) is 10.3. The van der Waals surface area contributed by atoms with Crippen molar-refractivity contribution in [2.24, 2.45) is 0 Å². The van der Waals surface area contributed by atoms with E-state index in [9.17, 15) is 14.0 Å². The Morgan fingerprint density at radius 1 is 1.05 bits per heavy atom. The molecular weight excluding hydrogens is 261 g/mol. The molecule has 2 heterocycles. The van der Waals surface area contributed by atoms with Crippen LogP contribution in [0.1, 0.15) is 5.69 Å². The van der Waals surface area contributed by atoms with E-state index in [0.29, 0.717) is 11.4 Å². The summed E-state index contributed by atoms with van der Waals surface area (Å²) < 4.78 is 15.4. The van der Waals surface area contributed by atoms with Gasteiger partial charge in [0.25, 0.3) is 5.91 Å². The second-order valence-corrected chi connectivity index (χ2v) is 4.22. The summed E-state index contributed by atoms with van der Waals surface area (Å²) in [5, 5.41) is 4.50. The second kappa shape index (κ2) is 4.65. The van der Waals surface area contributed by atoms with Gasteiger partial charge >= 0.3 is 6.03 Å². The predicted octanol–water partition coefficient (Wildman–Crippen LogP) is 1.80. The second-order valence-electron chi connectivity index (χ2n) is 4.22. The van der Waals surface area contributed by atoms with Crippen LogP contribution in [-0.4, -0.2) is 16.5 Å². The summed E-state index contributed by atoms with van der Waals surface area (Å²) in [5.41, 5.74) is 1.09. The Kier molecular flexibility index (Phi) is 2.83. The lowest BCUT2D eigenvalue weighted by molar-refractivity contribution is -0.115. The fourth-order valence-corrected chi connectivity index (χ4v) is 2.01. The molecule has 3 amide bonds. The highest BCUT2D eigenvalue weighted by molar-refractivity contribution is 6.13. The lowest BCUT2D eigenvalue weighted by Crippen LogP contribution is -2.22. The SMILES string of the molecule is O=C1NC(=O)C(=Cc2cccn2-c2ccccc2F)N1. The number of hydrogen-bond donors (Lipinski definition) is 2. The van der Waals surface area contributed by atoms with Crippen molar-refractivity contribution in [3.63, 3.8) is 0 Å². The zero-order valence-electron chi connectivity index (χ0n) is 10.3. The molecule has 0 unspecified atom stereocenters. The van der Waals surface area contributed by atoms with Crippen molar-refractivity contribution in [1.29, 1.82) is 0 Å². The number of amides is 3. The number of rotatable bonds is 2. The first-order valence-electron chi connectivity index (χ1n) is 5.91. The number of para-hydroxylation sites is 1. The third-order valence-corrected chi connectivity index (χ3v) is 2.90. The largest absolute Gasteiger partial charge is 0.326 e. The van der Waals surface area contributed by atoms with Crippen LogP contribution in [-0.2, 0) is 4.79 Å². The molecule has 1 aromatic carbocycles. The van der Waals surface area contributed by atoms with Crippen LogP contribution >= 0.6 is 0 Å². The first-order valence-corrected chi connectivity index (χ1v) is 5.91. The van der Waals surface area contributed by atoms with E-state index in [-0.39, 0.29) is 11.5 Å². The van der Waals surface area contributed by atoms with Gasteiger partial charge in [0.15, 0.2) is 0 Å². The van der Waals surface area contributed by atoms with Crippen LogP contribution in [0.15, 0.2) is 48.3 Å². The first-order chi connectivity index (χ1) is 9.65. The Morgan fingerprint density at radius 2 is 1.85 bits per heavy atom. The molecule has 100 valence electrons. The Hall–Kier alpha value is -2.89. The van der Waals surface area contributed by atoms with Crippen LogP contribution in [0.5, 0.6) is 0 Å². The molecule has 0 bridgehead atoms. The molecule has 2 N–H and O–H groups in total. The molecule has 5 nitrogen and oxygen atoms in total. The van der Waals surface area contributed by atoms with Crippen molar-refractivity contribution in [1.82, 2.24) is 15.2 Å². The lowest BCUT2D eigenvalue weighted by atomic mass is 10.2. The van der Waals surface area contributed by atoms with E-state index >= 15 is 0 Å². The molecule has 0 spiro atoms.